The van der Waals surface area contributed by atoms with Crippen LogP contribution in [0.1, 0.15) is 30.1 Å². The quantitative estimate of drug-likeness (QED) is 0.909. The Hall–Kier alpha value is -2.08. The minimum Gasteiger partial charge on any atom is -0.467 e. The smallest absolute Gasteiger partial charge is 0.234 e. The molecule has 3 rings (SSSR count). The fraction of sp³-hybridized carbons (Fsp3) is 0.500. The minimum absolute atomic E-state index is 0.0521. The molecule has 0 unspecified atom stereocenters. The lowest BCUT2D eigenvalue weighted by Gasteiger charge is -2.30. The van der Waals surface area contributed by atoms with Crippen LogP contribution in [0.4, 0.5) is 0 Å². The molecule has 2 aromatic rings. The van der Waals surface area contributed by atoms with E-state index in [1.165, 1.54) is 5.56 Å². The van der Waals surface area contributed by atoms with Crippen LogP contribution in [0.2, 0.25) is 0 Å². The number of nitrogens with zero attached hydrogens (tertiary/aromatic N) is 3. The molecule has 1 amide bonds. The zero-order chi connectivity index (χ0) is 15.4. The Labute approximate surface area is 130 Å². The van der Waals surface area contributed by atoms with E-state index in [1.54, 1.807) is 6.26 Å². The van der Waals surface area contributed by atoms with Crippen LogP contribution in [0.15, 0.2) is 35.2 Å². The van der Waals surface area contributed by atoms with Crippen molar-refractivity contribution in [2.45, 2.75) is 25.3 Å². The summed E-state index contributed by atoms with van der Waals surface area (Å²) in [6.45, 7) is 2.82. The second kappa shape index (κ2) is 6.79. The van der Waals surface area contributed by atoms with Gasteiger partial charge in [0, 0.05) is 13.2 Å². The number of aromatic nitrogens is 2. The van der Waals surface area contributed by atoms with Crippen LogP contribution < -0.4 is 5.32 Å². The van der Waals surface area contributed by atoms with Gasteiger partial charge in [-0.1, -0.05) is 0 Å². The number of amides is 1. The minimum atomic E-state index is 0.0521. The number of nitrogens with one attached hydrogen (secondary N) is 1. The van der Waals surface area contributed by atoms with Gasteiger partial charge in [-0.15, -0.1) is 0 Å². The van der Waals surface area contributed by atoms with E-state index in [9.17, 15) is 4.79 Å². The first-order valence-electron chi connectivity index (χ1n) is 7.70. The van der Waals surface area contributed by atoms with E-state index in [1.807, 2.05) is 30.1 Å². The first-order chi connectivity index (χ1) is 10.7. The maximum absolute atomic E-state index is 12.0. The first-order valence-corrected chi connectivity index (χ1v) is 7.70. The van der Waals surface area contributed by atoms with Crippen LogP contribution in [-0.4, -0.2) is 40.2 Å². The highest BCUT2D eigenvalue weighted by atomic mass is 16.3. The number of carbonyl (C=O) groups excluding carboxylic acids is 1. The van der Waals surface area contributed by atoms with Crippen LogP contribution in [0.3, 0.4) is 0 Å². The van der Waals surface area contributed by atoms with E-state index in [4.69, 9.17) is 4.42 Å². The summed E-state index contributed by atoms with van der Waals surface area (Å²) in [5.74, 6) is 1.40. The van der Waals surface area contributed by atoms with Crippen LogP contribution in [0.25, 0.3) is 0 Å². The first kappa shape index (κ1) is 14.8. The molecule has 0 radical (unpaired) electrons. The summed E-state index contributed by atoms with van der Waals surface area (Å²) >= 11 is 0. The van der Waals surface area contributed by atoms with Gasteiger partial charge in [-0.2, -0.15) is 5.10 Å². The number of likely N-dealkylation sites (tertiary alicyclic amines) is 1. The molecule has 6 nitrogen and oxygen atoms in total. The van der Waals surface area contributed by atoms with Crippen molar-refractivity contribution in [3.63, 3.8) is 0 Å². The molecule has 1 saturated heterocycles. The van der Waals surface area contributed by atoms with Gasteiger partial charge in [0.15, 0.2) is 0 Å². The average Bonchev–Trinajstić information content (AvgIpc) is 3.17. The molecule has 1 N–H and O–H groups in total. The van der Waals surface area contributed by atoms with Gasteiger partial charge >= 0.3 is 0 Å². The molecule has 118 valence electrons. The van der Waals surface area contributed by atoms with E-state index in [0.29, 0.717) is 19.0 Å². The van der Waals surface area contributed by atoms with E-state index >= 15 is 0 Å². The molecular weight excluding hydrogens is 280 g/mol. The van der Waals surface area contributed by atoms with Crippen molar-refractivity contribution in [1.82, 2.24) is 20.0 Å². The number of furan rings is 1. The third-order valence-electron chi connectivity index (χ3n) is 4.19. The number of aryl methyl sites for hydroxylation is 1. The molecule has 1 fully saturated rings. The lowest BCUT2D eigenvalue weighted by molar-refractivity contribution is -0.122. The van der Waals surface area contributed by atoms with E-state index in [2.05, 4.69) is 21.5 Å². The number of carbonyl (C=O) groups is 1. The Kier molecular flexibility index (Phi) is 4.58. The molecule has 1 aliphatic rings. The van der Waals surface area contributed by atoms with E-state index < -0.39 is 0 Å². The zero-order valence-corrected chi connectivity index (χ0v) is 12.9. The van der Waals surface area contributed by atoms with E-state index in [-0.39, 0.29) is 5.91 Å². The van der Waals surface area contributed by atoms with Gasteiger partial charge in [0.25, 0.3) is 0 Å². The fourth-order valence-corrected chi connectivity index (χ4v) is 2.93. The van der Waals surface area contributed by atoms with Gasteiger partial charge in [0.2, 0.25) is 5.91 Å². The normalized spacial score (nSPS) is 16.8. The van der Waals surface area contributed by atoms with Crippen LogP contribution >= 0.6 is 0 Å². The molecule has 0 atom stereocenters. The standard InChI is InChI=1S/C16H22N4O2/c1-19-11-14(9-18-19)13-4-6-20(7-5-13)12-16(21)17-10-15-3-2-8-22-15/h2-3,8-9,11,13H,4-7,10,12H2,1H3,(H,17,21). The fourth-order valence-electron chi connectivity index (χ4n) is 2.93. The third-order valence-corrected chi connectivity index (χ3v) is 4.19. The van der Waals surface area contributed by atoms with Gasteiger partial charge in [-0.05, 0) is 49.5 Å². The van der Waals surface area contributed by atoms with Crippen molar-refractivity contribution in [2.24, 2.45) is 7.05 Å². The Balaban J connectivity index is 1.40. The molecule has 22 heavy (non-hydrogen) atoms. The molecule has 0 spiro atoms. The van der Waals surface area contributed by atoms with Crippen molar-refractivity contribution in [1.29, 1.82) is 0 Å². The summed E-state index contributed by atoms with van der Waals surface area (Å²) < 4.78 is 7.05. The zero-order valence-electron chi connectivity index (χ0n) is 12.9. The highest BCUT2D eigenvalue weighted by Crippen LogP contribution is 2.27. The Bertz CT molecular complexity index is 597. The van der Waals surface area contributed by atoms with Crippen molar-refractivity contribution in [2.75, 3.05) is 19.6 Å². The summed E-state index contributed by atoms with van der Waals surface area (Å²) in [6, 6.07) is 3.68. The largest absolute Gasteiger partial charge is 0.467 e. The predicted octanol–water partition coefficient (Wildman–Crippen LogP) is 1.51. The Morgan fingerprint density at radius 1 is 1.45 bits per heavy atom. The molecular formula is C16H22N4O2. The maximum atomic E-state index is 12.0. The molecule has 1 aliphatic heterocycles. The number of rotatable bonds is 5. The molecule has 2 aromatic heterocycles. The lowest BCUT2D eigenvalue weighted by Crippen LogP contribution is -2.40. The summed E-state index contributed by atoms with van der Waals surface area (Å²) in [6.07, 6.45) is 7.83. The SMILES string of the molecule is Cn1cc(C2CCN(CC(=O)NCc3ccco3)CC2)cn1. The highest BCUT2D eigenvalue weighted by Gasteiger charge is 2.22. The van der Waals surface area contributed by atoms with Gasteiger partial charge < -0.3 is 9.73 Å². The van der Waals surface area contributed by atoms with Gasteiger partial charge in [-0.3, -0.25) is 14.4 Å². The topological polar surface area (TPSA) is 63.3 Å². The monoisotopic (exact) mass is 302 g/mol. The van der Waals surface area contributed by atoms with Crippen molar-refractivity contribution < 1.29 is 9.21 Å². The molecule has 0 saturated carbocycles. The number of piperidine rings is 1. The van der Waals surface area contributed by atoms with Crippen LogP contribution in [0, 0.1) is 0 Å². The number of hydrogen-bond donors (Lipinski definition) is 1. The van der Waals surface area contributed by atoms with Crippen molar-refractivity contribution in [3.8, 4) is 0 Å². The Morgan fingerprint density at radius 2 is 2.27 bits per heavy atom. The van der Waals surface area contributed by atoms with Crippen molar-refractivity contribution >= 4 is 5.91 Å². The van der Waals surface area contributed by atoms with Gasteiger partial charge in [0.05, 0.1) is 25.5 Å². The summed E-state index contributed by atoms with van der Waals surface area (Å²) in [5, 5.41) is 7.13. The van der Waals surface area contributed by atoms with Crippen LogP contribution in [0.5, 0.6) is 0 Å². The maximum Gasteiger partial charge on any atom is 0.234 e. The molecule has 3 heterocycles. The lowest BCUT2D eigenvalue weighted by atomic mass is 9.91. The molecule has 0 bridgehead atoms. The van der Waals surface area contributed by atoms with Gasteiger partial charge in [-0.25, -0.2) is 0 Å². The predicted molar refractivity (Wildman–Crippen MR) is 82.2 cm³/mol. The van der Waals surface area contributed by atoms with Gasteiger partial charge in [0.1, 0.15) is 5.76 Å². The van der Waals surface area contributed by atoms with E-state index in [0.717, 1.165) is 31.7 Å². The van der Waals surface area contributed by atoms with Crippen molar-refractivity contribution in [3.05, 3.63) is 42.1 Å². The average molecular weight is 302 g/mol. The number of hydrogen-bond acceptors (Lipinski definition) is 4. The Morgan fingerprint density at radius 3 is 2.91 bits per heavy atom. The second-order valence-corrected chi connectivity index (χ2v) is 5.85. The third kappa shape index (κ3) is 3.76. The molecule has 0 aliphatic carbocycles. The second-order valence-electron chi connectivity index (χ2n) is 5.85. The molecule has 6 heteroatoms. The van der Waals surface area contributed by atoms with Crippen LogP contribution in [-0.2, 0) is 18.4 Å². The summed E-state index contributed by atoms with van der Waals surface area (Å²) in [4.78, 5) is 14.2. The highest BCUT2D eigenvalue weighted by molar-refractivity contribution is 5.77. The molecule has 0 aromatic carbocycles. The summed E-state index contributed by atoms with van der Waals surface area (Å²) in [7, 11) is 1.95. The summed E-state index contributed by atoms with van der Waals surface area (Å²) in [5.41, 5.74) is 1.31.